The van der Waals surface area contributed by atoms with Gasteiger partial charge in [-0.25, -0.2) is 4.98 Å². The summed E-state index contributed by atoms with van der Waals surface area (Å²) in [5, 5.41) is 3.38. The summed E-state index contributed by atoms with van der Waals surface area (Å²) < 4.78 is 12.5. The first-order valence-electron chi connectivity index (χ1n) is 9.87. The Bertz CT molecular complexity index is 567. The Morgan fingerprint density at radius 2 is 2.12 bits per heavy atom. The molecule has 1 atom stereocenters. The third-order valence-corrected chi connectivity index (χ3v) is 5.00. The summed E-state index contributed by atoms with van der Waals surface area (Å²) in [6, 6.07) is 3.93. The number of hydrogen-bond acceptors (Lipinski definition) is 5. The zero-order valence-electron chi connectivity index (χ0n) is 16.0. The van der Waals surface area contributed by atoms with Gasteiger partial charge in [-0.3, -0.25) is 9.18 Å². The number of halogens is 1. The summed E-state index contributed by atoms with van der Waals surface area (Å²) in [5.41, 5.74) is 8.27. The standard InChI is InChI=1S/C20H33FN4O/c1-16(26)19(22)10-15-25(14-5-11-21)13-3-2-7-18-9-8-17-6-4-12-23-20(17)24-18/h8-9,19H,2-7,10-15,22H2,1H3,(H,23,24). The van der Waals surface area contributed by atoms with E-state index in [1.165, 1.54) is 18.9 Å². The van der Waals surface area contributed by atoms with Gasteiger partial charge in [0.15, 0.2) is 0 Å². The smallest absolute Gasteiger partial charge is 0.146 e. The van der Waals surface area contributed by atoms with Gasteiger partial charge in [0.1, 0.15) is 11.6 Å². The Labute approximate surface area is 156 Å². The number of nitrogens with zero attached hydrogens (tertiary/aromatic N) is 2. The summed E-state index contributed by atoms with van der Waals surface area (Å²) in [6.45, 7) is 4.62. The Balaban J connectivity index is 1.73. The number of rotatable bonds is 12. The number of Topliss-reactive ketones (excluding diaryl/α,β-unsaturated/α-hetero) is 1. The average molecular weight is 365 g/mol. The van der Waals surface area contributed by atoms with E-state index in [1.54, 1.807) is 0 Å². The van der Waals surface area contributed by atoms with Crippen molar-refractivity contribution in [1.29, 1.82) is 0 Å². The van der Waals surface area contributed by atoms with Crippen LogP contribution < -0.4 is 11.1 Å². The number of unbranched alkanes of at least 4 members (excludes halogenated alkanes) is 1. The number of nitrogens with two attached hydrogens (primary N) is 1. The Kier molecular flexibility index (Phi) is 8.98. The van der Waals surface area contributed by atoms with Crippen LogP contribution in [0.5, 0.6) is 0 Å². The average Bonchev–Trinajstić information content (AvgIpc) is 2.66. The Morgan fingerprint density at radius 3 is 2.88 bits per heavy atom. The van der Waals surface area contributed by atoms with E-state index in [1.807, 2.05) is 0 Å². The normalized spacial score (nSPS) is 14.8. The first kappa shape index (κ1) is 20.8. The fraction of sp³-hybridized carbons (Fsp3) is 0.700. The summed E-state index contributed by atoms with van der Waals surface area (Å²) in [7, 11) is 0. The molecule has 0 saturated carbocycles. The molecular formula is C20H33FN4O. The first-order chi connectivity index (χ1) is 12.6. The molecular weight excluding hydrogens is 331 g/mol. The van der Waals surface area contributed by atoms with E-state index in [-0.39, 0.29) is 12.5 Å². The molecule has 2 heterocycles. The highest BCUT2D eigenvalue weighted by Crippen LogP contribution is 2.20. The van der Waals surface area contributed by atoms with Crippen LogP contribution in [0.4, 0.5) is 10.2 Å². The maximum atomic E-state index is 12.5. The van der Waals surface area contributed by atoms with E-state index >= 15 is 0 Å². The number of alkyl halides is 1. The van der Waals surface area contributed by atoms with Crippen LogP contribution in [0.25, 0.3) is 0 Å². The number of ketones is 1. The second-order valence-electron chi connectivity index (χ2n) is 7.19. The van der Waals surface area contributed by atoms with E-state index in [4.69, 9.17) is 10.7 Å². The predicted molar refractivity (Wildman–Crippen MR) is 104 cm³/mol. The molecule has 0 amide bonds. The lowest BCUT2D eigenvalue weighted by Crippen LogP contribution is -2.35. The predicted octanol–water partition coefficient (Wildman–Crippen LogP) is 2.73. The topological polar surface area (TPSA) is 71.2 Å². The highest BCUT2D eigenvalue weighted by molar-refractivity contribution is 5.81. The molecule has 0 radical (unpaired) electrons. The van der Waals surface area contributed by atoms with Crippen molar-refractivity contribution in [3.8, 4) is 0 Å². The zero-order valence-corrected chi connectivity index (χ0v) is 16.0. The van der Waals surface area contributed by atoms with Crippen LogP contribution in [0.15, 0.2) is 12.1 Å². The van der Waals surface area contributed by atoms with E-state index in [0.717, 1.165) is 63.4 Å². The SMILES string of the molecule is CC(=O)C(N)CCN(CCCF)CCCCc1ccc2c(n1)NCCC2. The van der Waals surface area contributed by atoms with Crippen LogP contribution in [0.3, 0.4) is 0 Å². The number of nitrogens with one attached hydrogen (secondary N) is 1. The maximum Gasteiger partial charge on any atom is 0.146 e. The quantitative estimate of drug-likeness (QED) is 0.558. The highest BCUT2D eigenvalue weighted by Gasteiger charge is 2.12. The van der Waals surface area contributed by atoms with Crippen LogP contribution in [-0.2, 0) is 17.6 Å². The number of fused-ring (bicyclic) bond motifs is 1. The molecule has 1 aromatic rings. The van der Waals surface area contributed by atoms with Gasteiger partial charge in [0.05, 0.1) is 12.7 Å². The lowest BCUT2D eigenvalue weighted by atomic mass is 10.1. The van der Waals surface area contributed by atoms with Crippen molar-refractivity contribution < 1.29 is 9.18 Å². The van der Waals surface area contributed by atoms with Crippen molar-refractivity contribution in [3.63, 3.8) is 0 Å². The second-order valence-corrected chi connectivity index (χ2v) is 7.19. The monoisotopic (exact) mass is 364 g/mol. The van der Waals surface area contributed by atoms with E-state index in [0.29, 0.717) is 12.8 Å². The minimum atomic E-state index is -0.407. The third kappa shape index (κ3) is 7.00. The van der Waals surface area contributed by atoms with Gasteiger partial charge < -0.3 is 16.0 Å². The summed E-state index contributed by atoms with van der Waals surface area (Å²) >= 11 is 0. The van der Waals surface area contributed by atoms with Crippen molar-refractivity contribution in [1.82, 2.24) is 9.88 Å². The van der Waals surface area contributed by atoms with Gasteiger partial charge in [-0.2, -0.15) is 0 Å². The molecule has 3 N–H and O–H groups in total. The number of pyridine rings is 1. The lowest BCUT2D eigenvalue weighted by Gasteiger charge is -2.23. The highest BCUT2D eigenvalue weighted by atomic mass is 19.1. The largest absolute Gasteiger partial charge is 0.370 e. The molecule has 5 nitrogen and oxygen atoms in total. The number of hydrogen-bond donors (Lipinski definition) is 2. The van der Waals surface area contributed by atoms with Crippen LogP contribution in [0, 0.1) is 0 Å². The molecule has 0 aromatic carbocycles. The number of anilines is 1. The van der Waals surface area contributed by atoms with Gasteiger partial charge in [-0.05, 0) is 70.0 Å². The van der Waals surface area contributed by atoms with Crippen LogP contribution in [-0.4, -0.2) is 54.6 Å². The molecule has 1 aliphatic rings. The van der Waals surface area contributed by atoms with Crippen molar-refractivity contribution in [2.45, 2.75) is 57.9 Å². The minimum Gasteiger partial charge on any atom is -0.370 e. The Hall–Kier alpha value is -1.53. The maximum absolute atomic E-state index is 12.5. The number of carbonyl (C=O) groups is 1. The van der Waals surface area contributed by atoms with Crippen molar-refractivity contribution in [3.05, 3.63) is 23.4 Å². The molecule has 6 heteroatoms. The summed E-state index contributed by atoms with van der Waals surface area (Å²) in [5.74, 6) is 1.07. The van der Waals surface area contributed by atoms with Crippen molar-refractivity contribution in [2.75, 3.05) is 38.2 Å². The Morgan fingerprint density at radius 1 is 1.31 bits per heavy atom. The lowest BCUT2D eigenvalue weighted by molar-refractivity contribution is -0.118. The van der Waals surface area contributed by atoms with Crippen LogP contribution >= 0.6 is 0 Å². The van der Waals surface area contributed by atoms with E-state index < -0.39 is 6.04 Å². The molecule has 1 aromatic heterocycles. The van der Waals surface area contributed by atoms with E-state index in [9.17, 15) is 9.18 Å². The molecule has 0 bridgehead atoms. The van der Waals surface area contributed by atoms with Gasteiger partial charge in [0.25, 0.3) is 0 Å². The van der Waals surface area contributed by atoms with Gasteiger partial charge in [0.2, 0.25) is 0 Å². The fourth-order valence-corrected chi connectivity index (χ4v) is 3.29. The molecule has 26 heavy (non-hydrogen) atoms. The number of aromatic nitrogens is 1. The van der Waals surface area contributed by atoms with E-state index in [2.05, 4.69) is 22.3 Å². The molecule has 1 unspecified atom stereocenters. The fourth-order valence-electron chi connectivity index (χ4n) is 3.29. The molecule has 1 aliphatic heterocycles. The second kappa shape index (κ2) is 11.2. The molecule has 0 spiro atoms. The van der Waals surface area contributed by atoms with Gasteiger partial charge >= 0.3 is 0 Å². The first-order valence-corrected chi connectivity index (χ1v) is 9.87. The van der Waals surface area contributed by atoms with Crippen LogP contribution in [0.1, 0.15) is 50.3 Å². The third-order valence-electron chi connectivity index (χ3n) is 5.00. The zero-order chi connectivity index (χ0) is 18.8. The number of carbonyl (C=O) groups excluding carboxylic acids is 1. The molecule has 0 saturated heterocycles. The van der Waals surface area contributed by atoms with Gasteiger partial charge in [-0.15, -0.1) is 0 Å². The van der Waals surface area contributed by atoms with Crippen LogP contribution in [0.2, 0.25) is 0 Å². The molecule has 2 rings (SSSR count). The molecule has 146 valence electrons. The summed E-state index contributed by atoms with van der Waals surface area (Å²) in [4.78, 5) is 18.2. The van der Waals surface area contributed by atoms with Gasteiger partial charge in [-0.1, -0.05) is 6.07 Å². The molecule has 0 fully saturated rings. The number of aryl methyl sites for hydroxylation is 2. The summed E-state index contributed by atoms with van der Waals surface area (Å²) in [6.07, 6.45) is 6.51. The van der Waals surface area contributed by atoms with Gasteiger partial charge in [0, 0.05) is 25.3 Å². The molecule has 0 aliphatic carbocycles. The van der Waals surface area contributed by atoms with Crippen molar-refractivity contribution in [2.24, 2.45) is 5.73 Å². The minimum absolute atomic E-state index is 0.0162. The van der Waals surface area contributed by atoms with Crippen molar-refractivity contribution >= 4 is 11.6 Å².